The minimum absolute atomic E-state index is 0.0206. The summed E-state index contributed by atoms with van der Waals surface area (Å²) in [5.74, 6) is 0.391. The molecule has 1 heterocycles. The van der Waals surface area contributed by atoms with Crippen molar-refractivity contribution >= 4 is 5.91 Å². The maximum Gasteiger partial charge on any atom is 0.257 e. The number of benzene rings is 2. The van der Waals surface area contributed by atoms with Gasteiger partial charge in [-0.05, 0) is 30.4 Å². The van der Waals surface area contributed by atoms with Crippen LogP contribution in [0.5, 0.6) is 0 Å². The van der Waals surface area contributed by atoms with Gasteiger partial charge in [0.1, 0.15) is 0 Å². The summed E-state index contributed by atoms with van der Waals surface area (Å²) >= 11 is 0. The Morgan fingerprint density at radius 2 is 1.72 bits per heavy atom. The van der Waals surface area contributed by atoms with E-state index < -0.39 is 5.72 Å². The fourth-order valence-electron chi connectivity index (χ4n) is 4.61. The van der Waals surface area contributed by atoms with Crippen LogP contribution >= 0.6 is 0 Å². The number of hydrogen-bond acceptors (Lipinski definition) is 2. The molecule has 25 heavy (non-hydrogen) atoms. The zero-order valence-corrected chi connectivity index (χ0v) is 14.7. The quantitative estimate of drug-likeness (QED) is 0.917. The van der Waals surface area contributed by atoms with E-state index in [0.717, 1.165) is 30.4 Å². The van der Waals surface area contributed by atoms with Crippen LogP contribution in [0.4, 0.5) is 0 Å². The zero-order chi connectivity index (χ0) is 17.4. The first kappa shape index (κ1) is 16.3. The molecule has 0 radical (unpaired) electrons. The first-order valence-electron chi connectivity index (χ1n) is 9.31. The van der Waals surface area contributed by atoms with Crippen molar-refractivity contribution in [3.63, 3.8) is 0 Å². The molecule has 0 spiro atoms. The van der Waals surface area contributed by atoms with E-state index in [4.69, 9.17) is 0 Å². The topological polar surface area (TPSA) is 40.5 Å². The third kappa shape index (κ3) is 2.67. The van der Waals surface area contributed by atoms with Crippen LogP contribution in [0.25, 0.3) is 0 Å². The van der Waals surface area contributed by atoms with Gasteiger partial charge in [0.05, 0.1) is 0 Å². The maximum absolute atomic E-state index is 13.2. The van der Waals surface area contributed by atoms with Gasteiger partial charge >= 0.3 is 0 Å². The lowest BCUT2D eigenvalue weighted by molar-refractivity contribution is -0.115. The number of hydrogen-bond donors (Lipinski definition) is 1. The molecule has 1 N–H and O–H groups in total. The molecule has 0 saturated heterocycles. The lowest BCUT2D eigenvalue weighted by atomic mass is 9.83. The molecule has 1 amide bonds. The number of nitrogens with zero attached hydrogens (tertiary/aromatic N) is 1. The lowest BCUT2D eigenvalue weighted by Gasteiger charge is -2.44. The molecule has 0 bridgehead atoms. The lowest BCUT2D eigenvalue weighted by Crippen LogP contribution is -2.54. The number of amides is 1. The predicted octanol–water partition coefficient (Wildman–Crippen LogP) is 4.11. The van der Waals surface area contributed by atoms with Crippen LogP contribution in [0.2, 0.25) is 0 Å². The van der Waals surface area contributed by atoms with Crippen LogP contribution in [-0.2, 0) is 12.1 Å². The van der Waals surface area contributed by atoms with Crippen LogP contribution in [0.15, 0.2) is 54.6 Å². The summed E-state index contributed by atoms with van der Waals surface area (Å²) in [5, 5.41) is 11.8. The van der Waals surface area contributed by atoms with Gasteiger partial charge in [0.15, 0.2) is 5.72 Å². The molecular weight excluding hydrogens is 310 g/mol. The smallest absolute Gasteiger partial charge is 0.257 e. The Labute approximate surface area is 149 Å². The largest absolute Gasteiger partial charge is 0.366 e. The molecule has 3 nitrogen and oxygen atoms in total. The highest BCUT2D eigenvalue weighted by Crippen LogP contribution is 2.44. The zero-order valence-electron chi connectivity index (χ0n) is 14.7. The maximum atomic E-state index is 13.2. The molecule has 130 valence electrons. The van der Waals surface area contributed by atoms with Crippen molar-refractivity contribution in [3.8, 4) is 0 Å². The number of carbonyl (C=O) groups excluding carboxylic acids is 1. The van der Waals surface area contributed by atoms with E-state index in [0.29, 0.717) is 17.9 Å². The Balaban J connectivity index is 1.79. The Kier molecular flexibility index (Phi) is 4.12. The highest BCUT2D eigenvalue weighted by Gasteiger charge is 2.52. The first-order valence-corrected chi connectivity index (χ1v) is 9.31. The van der Waals surface area contributed by atoms with E-state index in [2.05, 4.69) is 6.92 Å². The van der Waals surface area contributed by atoms with Gasteiger partial charge in [-0.3, -0.25) is 4.79 Å². The molecule has 1 aliphatic heterocycles. The second-order valence-electron chi connectivity index (χ2n) is 7.53. The summed E-state index contributed by atoms with van der Waals surface area (Å²) in [6.45, 7) is 2.21. The minimum atomic E-state index is -1.26. The average Bonchev–Trinajstić information content (AvgIpc) is 2.85. The molecule has 1 fully saturated rings. The Bertz CT molecular complexity index is 773. The predicted molar refractivity (Wildman–Crippen MR) is 98.1 cm³/mol. The van der Waals surface area contributed by atoms with Gasteiger partial charge in [0.25, 0.3) is 5.91 Å². The summed E-state index contributed by atoms with van der Waals surface area (Å²) in [7, 11) is 0. The molecule has 0 aromatic heterocycles. The second-order valence-corrected chi connectivity index (χ2v) is 7.53. The number of rotatable bonds is 3. The monoisotopic (exact) mass is 335 g/mol. The van der Waals surface area contributed by atoms with Crippen molar-refractivity contribution in [1.82, 2.24) is 4.90 Å². The van der Waals surface area contributed by atoms with Gasteiger partial charge < -0.3 is 10.0 Å². The van der Waals surface area contributed by atoms with Crippen molar-refractivity contribution in [2.24, 2.45) is 5.92 Å². The molecule has 2 aromatic carbocycles. The average molecular weight is 335 g/mol. The van der Waals surface area contributed by atoms with E-state index in [9.17, 15) is 9.90 Å². The van der Waals surface area contributed by atoms with Gasteiger partial charge in [0, 0.05) is 23.6 Å². The Morgan fingerprint density at radius 3 is 2.48 bits per heavy atom. The van der Waals surface area contributed by atoms with Gasteiger partial charge in [-0.1, -0.05) is 68.3 Å². The van der Waals surface area contributed by atoms with Crippen LogP contribution in [0.3, 0.4) is 0 Å². The summed E-state index contributed by atoms with van der Waals surface area (Å²) in [5.41, 5.74) is 1.19. The summed E-state index contributed by atoms with van der Waals surface area (Å²) in [4.78, 5) is 15.0. The number of carbonyl (C=O) groups is 1. The number of aliphatic hydroxyl groups is 1. The van der Waals surface area contributed by atoms with Crippen LogP contribution in [-0.4, -0.2) is 22.0 Å². The van der Waals surface area contributed by atoms with Crippen molar-refractivity contribution in [2.75, 3.05) is 0 Å². The summed E-state index contributed by atoms with van der Waals surface area (Å²) in [6, 6.07) is 17.6. The molecule has 3 heteroatoms. The first-order chi connectivity index (χ1) is 12.1. The fourth-order valence-corrected chi connectivity index (χ4v) is 4.61. The van der Waals surface area contributed by atoms with Gasteiger partial charge in [-0.15, -0.1) is 0 Å². The normalized spacial score (nSPS) is 28.9. The highest BCUT2D eigenvalue weighted by molar-refractivity contribution is 6.00. The number of fused-ring (bicyclic) bond motifs is 1. The van der Waals surface area contributed by atoms with E-state index in [1.807, 2.05) is 54.6 Å². The van der Waals surface area contributed by atoms with E-state index in [-0.39, 0.29) is 11.9 Å². The van der Waals surface area contributed by atoms with Crippen molar-refractivity contribution in [2.45, 2.75) is 50.8 Å². The summed E-state index contributed by atoms with van der Waals surface area (Å²) in [6.07, 6.45) is 4.85. The van der Waals surface area contributed by atoms with Crippen LogP contribution < -0.4 is 0 Å². The van der Waals surface area contributed by atoms with E-state index in [1.165, 1.54) is 6.42 Å². The van der Waals surface area contributed by atoms with Crippen LogP contribution in [0.1, 0.15) is 54.1 Å². The molecule has 1 aliphatic carbocycles. The van der Waals surface area contributed by atoms with E-state index >= 15 is 0 Å². The fraction of sp³-hybridized carbons (Fsp3) is 0.409. The molecule has 3 atom stereocenters. The molecule has 4 rings (SSSR count). The molecular formula is C22H25NO2. The van der Waals surface area contributed by atoms with Gasteiger partial charge in [0.2, 0.25) is 0 Å². The highest BCUT2D eigenvalue weighted by atomic mass is 16.3. The van der Waals surface area contributed by atoms with E-state index in [1.54, 1.807) is 4.90 Å². The van der Waals surface area contributed by atoms with Gasteiger partial charge in [-0.25, -0.2) is 0 Å². The summed E-state index contributed by atoms with van der Waals surface area (Å²) < 4.78 is 0. The van der Waals surface area contributed by atoms with Crippen molar-refractivity contribution in [1.29, 1.82) is 0 Å². The van der Waals surface area contributed by atoms with Gasteiger partial charge in [-0.2, -0.15) is 0 Å². The molecule has 2 aliphatic rings. The van der Waals surface area contributed by atoms with Crippen LogP contribution in [0, 0.1) is 5.92 Å². The van der Waals surface area contributed by atoms with Crippen molar-refractivity contribution in [3.05, 3.63) is 71.3 Å². The Hall–Kier alpha value is -2.13. The Morgan fingerprint density at radius 1 is 1.04 bits per heavy atom. The molecule has 1 saturated carbocycles. The van der Waals surface area contributed by atoms with Crippen molar-refractivity contribution < 1.29 is 9.90 Å². The molecule has 0 unspecified atom stereocenters. The third-order valence-electron chi connectivity index (χ3n) is 5.90. The minimum Gasteiger partial charge on any atom is -0.366 e. The molecule has 2 aromatic rings. The SMILES string of the molecule is C[C@@H]1CCCC[C@H]1N1C(=O)c2ccccc2[C@@]1(O)Cc1ccccc1. The third-order valence-corrected chi connectivity index (χ3v) is 5.90. The standard InChI is InChI=1S/C22H25NO2/c1-16-9-5-8-14-20(16)23-21(24)18-12-6-7-13-19(18)22(23,25)15-17-10-3-2-4-11-17/h2-4,6-7,10-13,16,20,25H,5,8-9,14-15H2,1H3/t16-,20-,22+/m1/s1. The second kappa shape index (κ2) is 6.30.